The molecule has 0 saturated heterocycles. The first-order valence-electron chi connectivity index (χ1n) is 12.5. The molecule has 0 aliphatic carbocycles. The second-order valence-corrected chi connectivity index (χ2v) is 9.21. The maximum Gasteiger partial charge on any atom is 0.157 e. The number of phenols is 3. The lowest BCUT2D eigenvalue weighted by atomic mass is 10.1. The Labute approximate surface area is 227 Å². The zero-order valence-corrected chi connectivity index (χ0v) is 22.9. The summed E-state index contributed by atoms with van der Waals surface area (Å²) in [5, 5.41) is 28.8. The van der Waals surface area contributed by atoms with Gasteiger partial charge >= 0.3 is 0 Å². The van der Waals surface area contributed by atoms with Gasteiger partial charge in [-0.25, -0.2) is 0 Å². The van der Waals surface area contributed by atoms with Gasteiger partial charge in [0.05, 0.1) is 0 Å². The average Bonchev–Trinajstić information content (AvgIpc) is 2.88. The van der Waals surface area contributed by atoms with Crippen LogP contribution in [0, 0.1) is 6.92 Å². The van der Waals surface area contributed by atoms with Gasteiger partial charge in [0.15, 0.2) is 11.5 Å². The molecule has 0 unspecified atom stereocenters. The minimum atomic E-state index is -0.124. The third kappa shape index (κ3) is 11.5. The Hall–Kier alpha value is -4.50. The van der Waals surface area contributed by atoms with Crippen LogP contribution >= 0.6 is 0 Å². The molecule has 0 radical (unpaired) electrons. The molecule has 3 heteroatoms. The Morgan fingerprint density at radius 3 is 1.39 bits per heavy atom. The van der Waals surface area contributed by atoms with Crippen molar-refractivity contribution in [3.05, 3.63) is 148 Å². The van der Waals surface area contributed by atoms with E-state index < -0.39 is 0 Å². The van der Waals surface area contributed by atoms with E-state index in [1.807, 2.05) is 93.7 Å². The Morgan fingerprint density at radius 2 is 0.921 bits per heavy atom. The van der Waals surface area contributed by atoms with Crippen LogP contribution in [0.2, 0.25) is 0 Å². The normalized spacial score (nSPS) is 14.3. The molecule has 0 spiro atoms. The second kappa shape index (κ2) is 15.6. The standard InChI is InChI=1S/C35H38O3/c1-26(12-8-14-28(3)16-19-31-21-18-30(5)34(37)24-31)10-6-7-11-27(2)13-9-15-29(4)17-20-32-22-23-33(36)35(38)25-32/h6-25,36-38H,1-5H3/b7-6+,12-8+,13-9+,19-16+,20-17+,26-10+,27-11+,28-14+,29-15+. The van der Waals surface area contributed by atoms with Crippen molar-refractivity contribution in [2.24, 2.45) is 0 Å². The number of aryl methyl sites for hydroxylation is 1. The molecule has 2 aromatic rings. The van der Waals surface area contributed by atoms with E-state index in [1.54, 1.807) is 12.1 Å². The van der Waals surface area contributed by atoms with Gasteiger partial charge in [-0.05, 0) is 69.5 Å². The molecule has 0 bridgehead atoms. The third-order valence-electron chi connectivity index (χ3n) is 5.58. The molecule has 38 heavy (non-hydrogen) atoms. The molecular weight excluding hydrogens is 468 g/mol. The minimum absolute atomic E-state index is 0.121. The first kappa shape index (κ1) is 29.7. The molecule has 0 atom stereocenters. The Bertz CT molecular complexity index is 1260. The van der Waals surface area contributed by atoms with Crippen molar-refractivity contribution < 1.29 is 15.3 Å². The highest BCUT2D eigenvalue weighted by Crippen LogP contribution is 2.25. The van der Waals surface area contributed by atoms with E-state index in [4.69, 9.17) is 0 Å². The number of aromatic hydroxyl groups is 3. The second-order valence-electron chi connectivity index (χ2n) is 9.21. The first-order chi connectivity index (χ1) is 18.1. The van der Waals surface area contributed by atoms with Crippen LogP contribution in [0.25, 0.3) is 12.2 Å². The van der Waals surface area contributed by atoms with Crippen molar-refractivity contribution in [1.29, 1.82) is 0 Å². The average molecular weight is 507 g/mol. The van der Waals surface area contributed by atoms with Gasteiger partial charge in [0.2, 0.25) is 0 Å². The zero-order chi connectivity index (χ0) is 27.9. The van der Waals surface area contributed by atoms with Gasteiger partial charge in [0.1, 0.15) is 5.75 Å². The highest BCUT2D eigenvalue weighted by atomic mass is 16.3. The van der Waals surface area contributed by atoms with Gasteiger partial charge in [0.25, 0.3) is 0 Å². The molecule has 0 saturated carbocycles. The maximum atomic E-state index is 9.81. The molecule has 2 aromatic carbocycles. The molecule has 2 rings (SSSR count). The van der Waals surface area contributed by atoms with Crippen molar-refractivity contribution in [3.8, 4) is 17.2 Å². The van der Waals surface area contributed by atoms with E-state index in [2.05, 4.69) is 38.2 Å². The van der Waals surface area contributed by atoms with Gasteiger partial charge in [-0.2, -0.15) is 0 Å². The van der Waals surface area contributed by atoms with Crippen molar-refractivity contribution >= 4 is 12.2 Å². The fourth-order valence-electron chi connectivity index (χ4n) is 3.17. The first-order valence-corrected chi connectivity index (χ1v) is 12.5. The summed E-state index contributed by atoms with van der Waals surface area (Å²) in [4.78, 5) is 0. The molecule has 3 nitrogen and oxygen atoms in total. The summed E-state index contributed by atoms with van der Waals surface area (Å²) in [6.07, 6.45) is 28.2. The largest absolute Gasteiger partial charge is 0.508 e. The summed E-state index contributed by atoms with van der Waals surface area (Å²) in [7, 11) is 0. The Morgan fingerprint density at radius 1 is 0.500 bits per heavy atom. The molecule has 0 aromatic heterocycles. The van der Waals surface area contributed by atoms with Crippen LogP contribution < -0.4 is 0 Å². The van der Waals surface area contributed by atoms with E-state index >= 15 is 0 Å². The van der Waals surface area contributed by atoms with Crippen molar-refractivity contribution in [3.63, 3.8) is 0 Å². The number of hydrogen-bond donors (Lipinski definition) is 3. The van der Waals surface area contributed by atoms with Crippen LogP contribution in [0.5, 0.6) is 17.2 Å². The fraction of sp³-hybridized carbons (Fsp3) is 0.143. The molecular formula is C35H38O3. The zero-order valence-electron chi connectivity index (χ0n) is 22.9. The number of phenolic OH excluding ortho intramolecular Hbond substituents is 3. The summed E-state index contributed by atoms with van der Waals surface area (Å²) >= 11 is 0. The van der Waals surface area contributed by atoms with Crippen LogP contribution in [0.3, 0.4) is 0 Å². The van der Waals surface area contributed by atoms with Gasteiger partial charge in [-0.1, -0.05) is 126 Å². The van der Waals surface area contributed by atoms with Crippen molar-refractivity contribution in [1.82, 2.24) is 0 Å². The minimum Gasteiger partial charge on any atom is -0.508 e. The SMILES string of the molecule is CC(/C=C/C=C(C)/C=C/c1ccc(C)c(O)c1)=C\C=C\C=C(C)\C=C\C=C(C)\C=C\c1ccc(O)c(O)c1. The lowest BCUT2D eigenvalue weighted by Gasteiger charge is -1.99. The number of rotatable bonds is 10. The number of allylic oxidation sites excluding steroid dienone is 16. The van der Waals surface area contributed by atoms with Crippen LogP contribution in [-0.2, 0) is 0 Å². The Balaban J connectivity index is 1.84. The van der Waals surface area contributed by atoms with Crippen LogP contribution in [-0.4, -0.2) is 15.3 Å². The van der Waals surface area contributed by atoms with Crippen molar-refractivity contribution in [2.75, 3.05) is 0 Å². The molecule has 0 heterocycles. The predicted molar refractivity (Wildman–Crippen MR) is 163 cm³/mol. The molecule has 3 N–H and O–H groups in total. The monoisotopic (exact) mass is 506 g/mol. The molecule has 0 fully saturated rings. The summed E-state index contributed by atoms with van der Waals surface area (Å²) < 4.78 is 0. The summed E-state index contributed by atoms with van der Waals surface area (Å²) in [6, 6.07) is 10.4. The lowest BCUT2D eigenvalue weighted by molar-refractivity contribution is 0.403. The van der Waals surface area contributed by atoms with Crippen LogP contribution in [0.15, 0.2) is 132 Å². The van der Waals surface area contributed by atoms with E-state index in [1.165, 1.54) is 12.1 Å². The van der Waals surface area contributed by atoms with E-state index in [0.717, 1.165) is 39.0 Å². The maximum absolute atomic E-state index is 9.81. The molecule has 196 valence electrons. The summed E-state index contributed by atoms with van der Waals surface area (Å²) in [5.41, 5.74) is 7.13. The van der Waals surface area contributed by atoms with Crippen molar-refractivity contribution in [2.45, 2.75) is 34.6 Å². The van der Waals surface area contributed by atoms with Gasteiger partial charge in [-0.15, -0.1) is 0 Å². The molecule has 0 aliphatic heterocycles. The van der Waals surface area contributed by atoms with E-state index in [9.17, 15) is 15.3 Å². The third-order valence-corrected chi connectivity index (χ3v) is 5.58. The highest BCUT2D eigenvalue weighted by molar-refractivity contribution is 5.58. The summed E-state index contributed by atoms with van der Waals surface area (Å²) in [6.45, 7) is 10.0. The van der Waals surface area contributed by atoms with Gasteiger partial charge in [-0.3, -0.25) is 0 Å². The van der Waals surface area contributed by atoms with Gasteiger partial charge in [0, 0.05) is 0 Å². The number of benzene rings is 2. The van der Waals surface area contributed by atoms with E-state index in [0.29, 0.717) is 5.75 Å². The van der Waals surface area contributed by atoms with Crippen LogP contribution in [0.4, 0.5) is 0 Å². The Kier molecular flexibility index (Phi) is 12.2. The van der Waals surface area contributed by atoms with E-state index in [-0.39, 0.29) is 11.5 Å². The number of hydrogen-bond acceptors (Lipinski definition) is 3. The quantitative estimate of drug-likeness (QED) is 0.222. The summed E-state index contributed by atoms with van der Waals surface area (Å²) in [5.74, 6) is 0.0689. The topological polar surface area (TPSA) is 60.7 Å². The van der Waals surface area contributed by atoms with Gasteiger partial charge < -0.3 is 15.3 Å². The fourth-order valence-corrected chi connectivity index (χ4v) is 3.17. The highest BCUT2D eigenvalue weighted by Gasteiger charge is 1.97. The van der Waals surface area contributed by atoms with Crippen LogP contribution in [0.1, 0.15) is 44.4 Å². The molecule has 0 amide bonds. The lowest BCUT2D eigenvalue weighted by Crippen LogP contribution is -1.77. The smallest absolute Gasteiger partial charge is 0.157 e. The molecule has 0 aliphatic rings. The predicted octanol–water partition coefficient (Wildman–Crippen LogP) is 9.29.